The van der Waals surface area contributed by atoms with Gasteiger partial charge in [-0.1, -0.05) is 0 Å². The van der Waals surface area contributed by atoms with Gasteiger partial charge in [0.25, 0.3) is 0 Å². The average molecular weight is 171 g/mol. The Labute approximate surface area is 72.9 Å². The highest BCUT2D eigenvalue weighted by Crippen LogP contribution is 2.26. The number of rotatable bonds is 2. The van der Waals surface area contributed by atoms with Crippen molar-refractivity contribution in [3.05, 3.63) is 0 Å². The third-order valence-corrected chi connectivity index (χ3v) is 2.72. The van der Waals surface area contributed by atoms with E-state index in [1.807, 2.05) is 0 Å². The summed E-state index contributed by atoms with van der Waals surface area (Å²) >= 11 is 0. The third-order valence-electron chi connectivity index (χ3n) is 2.72. The van der Waals surface area contributed by atoms with Crippen LogP contribution in [-0.4, -0.2) is 23.0 Å². The van der Waals surface area contributed by atoms with Gasteiger partial charge in [-0.2, -0.15) is 0 Å². The van der Waals surface area contributed by atoms with E-state index in [1.54, 1.807) is 0 Å². The SMILES string of the molecule is CC(=O)C(N)C1CCC(O)CC1. The quantitative estimate of drug-likeness (QED) is 0.634. The Bertz CT molecular complexity index is 162. The molecule has 0 heterocycles. The van der Waals surface area contributed by atoms with E-state index in [2.05, 4.69) is 0 Å². The number of Topliss-reactive ketones (excluding diaryl/α,β-unsaturated/α-hetero) is 1. The summed E-state index contributed by atoms with van der Waals surface area (Å²) in [5, 5.41) is 9.22. The van der Waals surface area contributed by atoms with Crippen LogP contribution in [0.2, 0.25) is 0 Å². The van der Waals surface area contributed by atoms with Crippen LogP contribution in [0.3, 0.4) is 0 Å². The molecule has 1 atom stereocenters. The highest BCUT2D eigenvalue weighted by atomic mass is 16.3. The summed E-state index contributed by atoms with van der Waals surface area (Å²) in [6, 6.07) is -0.308. The fourth-order valence-electron chi connectivity index (χ4n) is 1.79. The second-order valence-corrected chi connectivity index (χ2v) is 3.71. The first kappa shape index (κ1) is 9.68. The molecular weight excluding hydrogens is 154 g/mol. The molecule has 0 aromatic heterocycles. The molecule has 0 aliphatic heterocycles. The van der Waals surface area contributed by atoms with Gasteiger partial charge in [0.2, 0.25) is 0 Å². The molecule has 0 radical (unpaired) electrons. The van der Waals surface area contributed by atoms with Crippen LogP contribution in [0.4, 0.5) is 0 Å². The normalized spacial score (nSPS) is 32.9. The highest BCUT2D eigenvalue weighted by Gasteiger charge is 2.26. The summed E-state index contributed by atoms with van der Waals surface area (Å²) in [6.45, 7) is 1.54. The Morgan fingerprint density at radius 2 is 1.92 bits per heavy atom. The second kappa shape index (κ2) is 4.01. The Morgan fingerprint density at radius 1 is 1.42 bits per heavy atom. The van der Waals surface area contributed by atoms with E-state index in [1.165, 1.54) is 6.92 Å². The standard InChI is InChI=1S/C9H17NO2/c1-6(11)9(10)7-2-4-8(12)5-3-7/h7-9,12H,2-5,10H2,1H3. The summed E-state index contributed by atoms with van der Waals surface area (Å²) in [6.07, 6.45) is 3.21. The molecule has 12 heavy (non-hydrogen) atoms. The Hall–Kier alpha value is -0.410. The number of nitrogens with two attached hydrogens (primary N) is 1. The van der Waals surface area contributed by atoms with E-state index >= 15 is 0 Å². The third kappa shape index (κ3) is 2.29. The van der Waals surface area contributed by atoms with Crippen molar-refractivity contribution in [3.63, 3.8) is 0 Å². The number of aliphatic hydroxyl groups is 1. The van der Waals surface area contributed by atoms with Crippen molar-refractivity contribution in [1.29, 1.82) is 0 Å². The molecule has 0 amide bonds. The van der Waals surface area contributed by atoms with Crippen LogP contribution in [0.1, 0.15) is 32.6 Å². The monoisotopic (exact) mass is 171 g/mol. The molecule has 0 bridgehead atoms. The van der Waals surface area contributed by atoms with Gasteiger partial charge in [0.1, 0.15) is 5.78 Å². The zero-order chi connectivity index (χ0) is 9.14. The summed E-state index contributed by atoms with van der Waals surface area (Å²) < 4.78 is 0. The van der Waals surface area contributed by atoms with Crippen molar-refractivity contribution in [3.8, 4) is 0 Å². The molecule has 1 aliphatic carbocycles. The molecule has 1 fully saturated rings. The topological polar surface area (TPSA) is 63.3 Å². The zero-order valence-electron chi connectivity index (χ0n) is 7.49. The van der Waals surface area contributed by atoms with E-state index in [4.69, 9.17) is 5.73 Å². The predicted molar refractivity (Wildman–Crippen MR) is 46.6 cm³/mol. The molecule has 1 saturated carbocycles. The van der Waals surface area contributed by atoms with E-state index in [0.717, 1.165) is 25.7 Å². The minimum absolute atomic E-state index is 0.0661. The lowest BCUT2D eigenvalue weighted by atomic mass is 9.82. The van der Waals surface area contributed by atoms with Crippen LogP contribution in [0, 0.1) is 5.92 Å². The van der Waals surface area contributed by atoms with Crippen LogP contribution in [0.25, 0.3) is 0 Å². The van der Waals surface area contributed by atoms with Crippen molar-refractivity contribution < 1.29 is 9.90 Å². The molecule has 3 N–H and O–H groups in total. The van der Waals surface area contributed by atoms with E-state index < -0.39 is 0 Å². The van der Waals surface area contributed by atoms with Gasteiger partial charge in [0.15, 0.2) is 0 Å². The highest BCUT2D eigenvalue weighted by molar-refractivity contribution is 5.81. The molecule has 1 aliphatic rings. The number of hydrogen-bond acceptors (Lipinski definition) is 3. The first-order valence-corrected chi connectivity index (χ1v) is 4.55. The van der Waals surface area contributed by atoms with Crippen LogP contribution in [0.5, 0.6) is 0 Å². The number of ketones is 1. The van der Waals surface area contributed by atoms with Gasteiger partial charge >= 0.3 is 0 Å². The first-order valence-electron chi connectivity index (χ1n) is 4.55. The molecule has 0 aromatic carbocycles. The minimum Gasteiger partial charge on any atom is -0.393 e. The smallest absolute Gasteiger partial charge is 0.146 e. The molecular formula is C9H17NO2. The number of hydrogen-bond donors (Lipinski definition) is 2. The van der Waals surface area contributed by atoms with Crippen LogP contribution < -0.4 is 5.73 Å². The minimum atomic E-state index is -0.308. The predicted octanol–water partition coefficient (Wildman–Crippen LogP) is 0.454. The van der Waals surface area contributed by atoms with Crippen molar-refractivity contribution in [2.24, 2.45) is 11.7 Å². The molecule has 3 heteroatoms. The van der Waals surface area contributed by atoms with E-state index in [-0.39, 0.29) is 17.9 Å². The first-order chi connectivity index (χ1) is 5.61. The summed E-state index contributed by atoms with van der Waals surface area (Å²) in [7, 11) is 0. The van der Waals surface area contributed by atoms with Gasteiger partial charge in [-0.15, -0.1) is 0 Å². The second-order valence-electron chi connectivity index (χ2n) is 3.71. The van der Waals surface area contributed by atoms with Crippen LogP contribution >= 0.6 is 0 Å². The lowest BCUT2D eigenvalue weighted by molar-refractivity contribution is -0.119. The van der Waals surface area contributed by atoms with Gasteiger partial charge in [-0.05, 0) is 38.5 Å². The average Bonchev–Trinajstić information content (AvgIpc) is 2.04. The van der Waals surface area contributed by atoms with Crippen molar-refractivity contribution in [2.75, 3.05) is 0 Å². The number of carbonyl (C=O) groups excluding carboxylic acids is 1. The Kier molecular flexibility index (Phi) is 3.23. The fourth-order valence-corrected chi connectivity index (χ4v) is 1.79. The van der Waals surface area contributed by atoms with E-state index in [0.29, 0.717) is 5.92 Å². The van der Waals surface area contributed by atoms with Gasteiger partial charge in [-0.25, -0.2) is 0 Å². The van der Waals surface area contributed by atoms with Gasteiger partial charge in [0, 0.05) is 0 Å². The van der Waals surface area contributed by atoms with Crippen molar-refractivity contribution in [1.82, 2.24) is 0 Å². The molecule has 0 spiro atoms. The molecule has 70 valence electrons. The van der Waals surface area contributed by atoms with Crippen LogP contribution in [-0.2, 0) is 4.79 Å². The lowest BCUT2D eigenvalue weighted by Gasteiger charge is -2.28. The van der Waals surface area contributed by atoms with Gasteiger partial charge < -0.3 is 10.8 Å². The molecule has 1 unspecified atom stereocenters. The maximum absolute atomic E-state index is 10.9. The van der Waals surface area contributed by atoms with Crippen LogP contribution in [0.15, 0.2) is 0 Å². The summed E-state index contributed by atoms with van der Waals surface area (Å²) in [4.78, 5) is 10.9. The largest absolute Gasteiger partial charge is 0.393 e. The maximum atomic E-state index is 10.9. The van der Waals surface area contributed by atoms with Crippen molar-refractivity contribution in [2.45, 2.75) is 44.8 Å². The molecule has 0 saturated heterocycles. The Morgan fingerprint density at radius 3 is 2.33 bits per heavy atom. The van der Waals surface area contributed by atoms with Crippen molar-refractivity contribution >= 4 is 5.78 Å². The molecule has 3 nitrogen and oxygen atoms in total. The summed E-state index contributed by atoms with van der Waals surface area (Å²) in [5.74, 6) is 0.363. The number of aliphatic hydroxyl groups excluding tert-OH is 1. The molecule has 1 rings (SSSR count). The van der Waals surface area contributed by atoms with Gasteiger partial charge in [-0.3, -0.25) is 4.79 Å². The Balaban J connectivity index is 2.39. The summed E-state index contributed by atoms with van der Waals surface area (Å²) in [5.41, 5.74) is 5.71. The maximum Gasteiger partial charge on any atom is 0.146 e. The number of carbonyl (C=O) groups is 1. The lowest BCUT2D eigenvalue weighted by Crippen LogP contribution is -2.39. The van der Waals surface area contributed by atoms with Gasteiger partial charge in [0.05, 0.1) is 12.1 Å². The zero-order valence-corrected chi connectivity index (χ0v) is 7.49. The fraction of sp³-hybridized carbons (Fsp3) is 0.889. The van der Waals surface area contributed by atoms with E-state index in [9.17, 15) is 9.90 Å². The molecule has 0 aromatic rings.